The van der Waals surface area contributed by atoms with E-state index in [9.17, 15) is 9.59 Å². The molecule has 9 heteroatoms. The molecule has 1 aromatic heterocycles. The molecule has 2 N–H and O–H groups in total. The largest absolute Gasteiger partial charge is 0.343 e. The van der Waals surface area contributed by atoms with E-state index in [-0.39, 0.29) is 17.3 Å². The van der Waals surface area contributed by atoms with Crippen LogP contribution in [0.5, 0.6) is 0 Å². The van der Waals surface area contributed by atoms with Crippen molar-refractivity contribution >= 4 is 52.3 Å². The smallest absolute Gasteiger partial charge is 0.256 e. The molecule has 6 nitrogen and oxygen atoms in total. The number of anilines is 1. The summed E-state index contributed by atoms with van der Waals surface area (Å²) in [4.78, 5) is 24.8. The molecule has 3 aromatic rings. The van der Waals surface area contributed by atoms with Gasteiger partial charge in [-0.15, -0.1) is 0 Å². The van der Waals surface area contributed by atoms with Crippen LogP contribution < -0.4 is 10.6 Å². The van der Waals surface area contributed by atoms with Gasteiger partial charge in [-0.1, -0.05) is 59.1 Å². The first-order valence-electron chi connectivity index (χ1n) is 9.06. The summed E-state index contributed by atoms with van der Waals surface area (Å²) in [5.41, 5.74) is 2.94. The first-order chi connectivity index (χ1) is 14.3. The summed E-state index contributed by atoms with van der Waals surface area (Å²) in [7, 11) is 0. The van der Waals surface area contributed by atoms with Gasteiger partial charge in [0.05, 0.1) is 35.1 Å². The summed E-state index contributed by atoms with van der Waals surface area (Å²) < 4.78 is 1.50. The molecule has 0 saturated carbocycles. The normalized spacial score (nSPS) is 10.7. The zero-order valence-electron chi connectivity index (χ0n) is 16.3. The second-order valence-electron chi connectivity index (χ2n) is 6.71. The fraction of sp³-hybridized carbons (Fsp3) is 0.190. The average Bonchev–Trinajstić information content (AvgIpc) is 2.97. The summed E-state index contributed by atoms with van der Waals surface area (Å²) in [6.45, 7) is 3.65. The molecule has 0 aliphatic carbocycles. The van der Waals surface area contributed by atoms with E-state index in [1.54, 1.807) is 25.1 Å². The molecule has 0 aliphatic heterocycles. The molecule has 0 spiro atoms. The molecule has 0 atom stereocenters. The number of halogens is 3. The standard InChI is InChI=1S/C21H19Cl3N4O2/c1-12-7-8-17(16(23)9-12)26-18(29)10-25-21(30)19-13(2)27-28(20(19)24)11-14-5-3-4-6-15(14)22/h3-9H,10-11H2,1-2H3,(H,25,30)(H,26,29). The van der Waals surface area contributed by atoms with Crippen molar-refractivity contribution in [3.63, 3.8) is 0 Å². The molecule has 3 rings (SSSR count). The number of rotatable bonds is 6. The van der Waals surface area contributed by atoms with Crippen LogP contribution in [0.1, 0.15) is 27.2 Å². The molecule has 1 heterocycles. The van der Waals surface area contributed by atoms with Crippen molar-refractivity contribution in [3.8, 4) is 0 Å². The van der Waals surface area contributed by atoms with Gasteiger partial charge in [0.1, 0.15) is 5.15 Å². The number of aryl methyl sites for hydroxylation is 2. The van der Waals surface area contributed by atoms with Gasteiger partial charge in [-0.3, -0.25) is 9.59 Å². The summed E-state index contributed by atoms with van der Waals surface area (Å²) in [5.74, 6) is -0.903. The van der Waals surface area contributed by atoms with Gasteiger partial charge in [0.15, 0.2) is 0 Å². The Labute approximate surface area is 189 Å². The summed E-state index contributed by atoms with van der Waals surface area (Å²) in [6.07, 6.45) is 0. The van der Waals surface area contributed by atoms with Gasteiger partial charge < -0.3 is 10.6 Å². The van der Waals surface area contributed by atoms with Crippen LogP contribution in [-0.4, -0.2) is 28.1 Å². The molecular formula is C21H19Cl3N4O2. The Morgan fingerprint density at radius 3 is 2.47 bits per heavy atom. The van der Waals surface area contributed by atoms with Crippen LogP contribution in [0, 0.1) is 13.8 Å². The van der Waals surface area contributed by atoms with Gasteiger partial charge in [-0.2, -0.15) is 5.10 Å². The van der Waals surface area contributed by atoms with Gasteiger partial charge in [0, 0.05) is 5.02 Å². The van der Waals surface area contributed by atoms with Crippen molar-refractivity contribution in [1.82, 2.24) is 15.1 Å². The lowest BCUT2D eigenvalue weighted by atomic mass is 10.2. The third-order valence-electron chi connectivity index (χ3n) is 4.38. The lowest BCUT2D eigenvalue weighted by Crippen LogP contribution is -2.33. The number of nitrogens with zero attached hydrogens (tertiary/aromatic N) is 2. The minimum absolute atomic E-state index is 0.173. The van der Waals surface area contributed by atoms with Crippen molar-refractivity contribution in [1.29, 1.82) is 0 Å². The number of nitrogens with one attached hydrogen (secondary N) is 2. The Morgan fingerprint density at radius 1 is 1.03 bits per heavy atom. The highest BCUT2D eigenvalue weighted by molar-refractivity contribution is 6.34. The van der Waals surface area contributed by atoms with Gasteiger partial charge in [-0.25, -0.2) is 4.68 Å². The molecule has 0 aliphatic rings. The molecule has 0 bridgehead atoms. The van der Waals surface area contributed by atoms with Crippen LogP contribution >= 0.6 is 34.8 Å². The van der Waals surface area contributed by atoms with E-state index < -0.39 is 11.8 Å². The molecule has 0 saturated heterocycles. The van der Waals surface area contributed by atoms with Crippen molar-refractivity contribution in [2.75, 3.05) is 11.9 Å². The third-order valence-corrected chi connectivity index (χ3v) is 5.44. The van der Waals surface area contributed by atoms with Crippen LogP contribution in [0.25, 0.3) is 0 Å². The molecule has 0 unspecified atom stereocenters. The second-order valence-corrected chi connectivity index (χ2v) is 7.89. The summed E-state index contributed by atoms with van der Waals surface area (Å²) >= 11 is 18.7. The van der Waals surface area contributed by atoms with Crippen LogP contribution in [0.2, 0.25) is 15.2 Å². The number of carbonyl (C=O) groups excluding carboxylic acids is 2. The lowest BCUT2D eigenvalue weighted by Gasteiger charge is -2.09. The van der Waals surface area contributed by atoms with Gasteiger partial charge in [0.2, 0.25) is 5.91 Å². The molecule has 2 aromatic carbocycles. The Bertz CT molecular complexity index is 1110. The number of hydrogen-bond acceptors (Lipinski definition) is 3. The zero-order valence-corrected chi connectivity index (χ0v) is 18.6. The predicted octanol–water partition coefficient (Wildman–Crippen LogP) is 4.88. The number of hydrogen-bond donors (Lipinski definition) is 2. The average molecular weight is 466 g/mol. The van der Waals surface area contributed by atoms with Crippen LogP contribution in [-0.2, 0) is 11.3 Å². The highest BCUT2D eigenvalue weighted by Gasteiger charge is 2.21. The van der Waals surface area contributed by atoms with Gasteiger partial charge >= 0.3 is 0 Å². The van der Waals surface area contributed by atoms with E-state index in [1.165, 1.54) is 4.68 Å². The SMILES string of the molecule is Cc1ccc(NC(=O)CNC(=O)c2c(C)nn(Cc3ccccc3Cl)c2Cl)c(Cl)c1. The van der Waals surface area contributed by atoms with Crippen LogP contribution in [0.3, 0.4) is 0 Å². The minimum atomic E-state index is -0.493. The first-order valence-corrected chi connectivity index (χ1v) is 10.2. The molecule has 0 radical (unpaired) electrons. The number of amides is 2. The van der Waals surface area contributed by atoms with Crippen molar-refractivity contribution in [2.45, 2.75) is 20.4 Å². The highest BCUT2D eigenvalue weighted by Crippen LogP contribution is 2.24. The fourth-order valence-corrected chi connectivity index (χ4v) is 3.67. The number of aromatic nitrogens is 2. The number of carbonyl (C=O) groups is 2. The highest BCUT2D eigenvalue weighted by atomic mass is 35.5. The molecule has 0 fully saturated rings. The van der Waals surface area contributed by atoms with Gasteiger partial charge in [-0.05, 0) is 43.2 Å². The van der Waals surface area contributed by atoms with Crippen LogP contribution in [0.15, 0.2) is 42.5 Å². The van der Waals surface area contributed by atoms with Crippen molar-refractivity contribution < 1.29 is 9.59 Å². The maximum Gasteiger partial charge on any atom is 0.256 e. The van der Waals surface area contributed by atoms with Crippen LogP contribution in [0.4, 0.5) is 5.69 Å². The molecule has 2 amide bonds. The molecular weight excluding hydrogens is 447 g/mol. The molecule has 156 valence electrons. The maximum absolute atomic E-state index is 12.6. The predicted molar refractivity (Wildman–Crippen MR) is 120 cm³/mol. The van der Waals surface area contributed by atoms with E-state index in [0.717, 1.165) is 11.1 Å². The monoisotopic (exact) mass is 464 g/mol. The van der Waals surface area contributed by atoms with E-state index in [0.29, 0.717) is 28.0 Å². The topological polar surface area (TPSA) is 76.0 Å². The Morgan fingerprint density at radius 2 is 1.77 bits per heavy atom. The van der Waals surface area contributed by atoms with Gasteiger partial charge in [0.25, 0.3) is 5.91 Å². The Hall–Kier alpha value is -2.54. The van der Waals surface area contributed by atoms with E-state index in [1.807, 2.05) is 31.2 Å². The zero-order chi connectivity index (χ0) is 21.8. The minimum Gasteiger partial charge on any atom is -0.343 e. The quantitative estimate of drug-likeness (QED) is 0.545. The maximum atomic E-state index is 12.6. The Kier molecular flexibility index (Phi) is 7.02. The summed E-state index contributed by atoms with van der Waals surface area (Å²) in [5, 5.41) is 10.7. The first kappa shape index (κ1) is 22.2. The van der Waals surface area contributed by atoms with E-state index in [2.05, 4.69) is 15.7 Å². The van der Waals surface area contributed by atoms with Crippen molar-refractivity contribution in [2.24, 2.45) is 0 Å². The fourth-order valence-electron chi connectivity index (χ4n) is 2.87. The van der Waals surface area contributed by atoms with E-state index >= 15 is 0 Å². The summed E-state index contributed by atoms with van der Waals surface area (Å²) in [6, 6.07) is 12.6. The van der Waals surface area contributed by atoms with E-state index in [4.69, 9.17) is 34.8 Å². The lowest BCUT2D eigenvalue weighted by molar-refractivity contribution is -0.115. The Balaban J connectivity index is 1.66. The second kappa shape index (κ2) is 9.51. The molecule has 30 heavy (non-hydrogen) atoms. The third kappa shape index (κ3) is 5.14. The van der Waals surface area contributed by atoms with Crippen molar-refractivity contribution in [3.05, 3.63) is 80.0 Å². The number of benzene rings is 2.